The van der Waals surface area contributed by atoms with Crippen molar-refractivity contribution < 1.29 is 4.74 Å². The lowest BCUT2D eigenvalue weighted by Gasteiger charge is -2.16. The molecule has 0 saturated carbocycles. The molecule has 112 valence electrons. The summed E-state index contributed by atoms with van der Waals surface area (Å²) in [6, 6.07) is 12.6. The molecule has 3 nitrogen and oxygen atoms in total. The Kier molecular flexibility index (Phi) is 5.34. The van der Waals surface area contributed by atoms with Crippen LogP contribution in [0.15, 0.2) is 42.6 Å². The highest BCUT2D eigenvalue weighted by Gasteiger charge is 2.07. The lowest BCUT2D eigenvalue weighted by atomic mass is 10.1. The second-order valence-corrected chi connectivity index (χ2v) is 5.61. The SMILES string of the molecule is Cc1cccnc1CNC(C)c1ccc(OC(C)C)cc1. The van der Waals surface area contributed by atoms with Gasteiger partial charge in [-0.25, -0.2) is 0 Å². The summed E-state index contributed by atoms with van der Waals surface area (Å²) in [6.45, 7) is 9.10. The molecule has 1 aromatic carbocycles. The molecule has 1 N–H and O–H groups in total. The van der Waals surface area contributed by atoms with Crippen LogP contribution in [-0.2, 0) is 6.54 Å². The number of aryl methyl sites for hydroxylation is 1. The van der Waals surface area contributed by atoms with E-state index in [-0.39, 0.29) is 12.1 Å². The highest BCUT2D eigenvalue weighted by atomic mass is 16.5. The standard InChI is InChI=1S/C18H24N2O/c1-13(2)21-17-9-7-16(8-10-17)15(4)20-12-18-14(3)6-5-11-19-18/h5-11,13,15,20H,12H2,1-4H3. The first-order valence-corrected chi connectivity index (χ1v) is 7.46. The van der Waals surface area contributed by atoms with Crippen molar-refractivity contribution in [2.45, 2.75) is 46.4 Å². The maximum absolute atomic E-state index is 5.66. The molecule has 2 aromatic rings. The van der Waals surface area contributed by atoms with Crippen LogP contribution in [0.4, 0.5) is 0 Å². The van der Waals surface area contributed by atoms with E-state index in [1.807, 2.05) is 38.2 Å². The molecule has 0 radical (unpaired) electrons. The fourth-order valence-corrected chi connectivity index (χ4v) is 2.18. The van der Waals surface area contributed by atoms with E-state index in [1.165, 1.54) is 11.1 Å². The van der Waals surface area contributed by atoms with Crippen molar-refractivity contribution in [2.24, 2.45) is 0 Å². The fourth-order valence-electron chi connectivity index (χ4n) is 2.18. The smallest absolute Gasteiger partial charge is 0.119 e. The first-order valence-electron chi connectivity index (χ1n) is 7.46. The first-order chi connectivity index (χ1) is 10.1. The number of aromatic nitrogens is 1. The molecule has 3 heteroatoms. The molecule has 1 unspecified atom stereocenters. The lowest BCUT2D eigenvalue weighted by Crippen LogP contribution is -2.19. The van der Waals surface area contributed by atoms with E-state index in [1.54, 1.807) is 0 Å². The third-order valence-corrected chi connectivity index (χ3v) is 3.45. The molecule has 2 rings (SSSR count). The Labute approximate surface area is 127 Å². The van der Waals surface area contributed by atoms with Crippen molar-refractivity contribution in [3.63, 3.8) is 0 Å². The summed E-state index contributed by atoms with van der Waals surface area (Å²) >= 11 is 0. The van der Waals surface area contributed by atoms with Crippen LogP contribution in [0, 0.1) is 6.92 Å². The molecule has 0 aliphatic carbocycles. The molecule has 0 aliphatic heterocycles. The van der Waals surface area contributed by atoms with Crippen LogP contribution in [0.5, 0.6) is 5.75 Å². The molecule has 0 aliphatic rings. The number of pyridine rings is 1. The Hall–Kier alpha value is -1.87. The molecular weight excluding hydrogens is 260 g/mol. The maximum atomic E-state index is 5.66. The van der Waals surface area contributed by atoms with Gasteiger partial charge in [0, 0.05) is 18.8 Å². The summed E-state index contributed by atoms with van der Waals surface area (Å²) in [4.78, 5) is 4.41. The highest BCUT2D eigenvalue weighted by molar-refractivity contribution is 5.29. The lowest BCUT2D eigenvalue weighted by molar-refractivity contribution is 0.242. The number of nitrogens with one attached hydrogen (secondary N) is 1. The van der Waals surface area contributed by atoms with E-state index in [4.69, 9.17) is 4.74 Å². The molecule has 1 atom stereocenters. The Morgan fingerprint density at radius 3 is 2.43 bits per heavy atom. The first kappa shape index (κ1) is 15.5. The Morgan fingerprint density at radius 1 is 1.10 bits per heavy atom. The van der Waals surface area contributed by atoms with Crippen LogP contribution in [0.3, 0.4) is 0 Å². The quantitative estimate of drug-likeness (QED) is 0.869. The highest BCUT2D eigenvalue weighted by Crippen LogP contribution is 2.19. The summed E-state index contributed by atoms with van der Waals surface area (Å²) in [7, 11) is 0. The minimum absolute atomic E-state index is 0.207. The molecule has 0 saturated heterocycles. The van der Waals surface area contributed by atoms with E-state index in [2.05, 4.69) is 42.3 Å². The number of hydrogen-bond donors (Lipinski definition) is 1. The summed E-state index contributed by atoms with van der Waals surface area (Å²) in [6.07, 6.45) is 2.05. The number of ether oxygens (including phenoxy) is 1. The van der Waals surface area contributed by atoms with Gasteiger partial charge in [0.05, 0.1) is 11.8 Å². The zero-order chi connectivity index (χ0) is 15.2. The molecule has 21 heavy (non-hydrogen) atoms. The average Bonchev–Trinajstić information content (AvgIpc) is 2.46. The maximum Gasteiger partial charge on any atom is 0.119 e. The summed E-state index contributed by atoms with van der Waals surface area (Å²) in [5, 5.41) is 3.51. The fraction of sp³-hybridized carbons (Fsp3) is 0.389. The Bertz CT molecular complexity index is 564. The summed E-state index contributed by atoms with van der Waals surface area (Å²) < 4.78 is 5.66. The number of benzene rings is 1. The zero-order valence-corrected chi connectivity index (χ0v) is 13.3. The molecule has 0 fully saturated rings. The van der Waals surface area contributed by atoms with Crippen molar-refractivity contribution in [1.82, 2.24) is 10.3 Å². The van der Waals surface area contributed by atoms with Crippen molar-refractivity contribution in [3.8, 4) is 5.75 Å². The minimum Gasteiger partial charge on any atom is -0.491 e. The van der Waals surface area contributed by atoms with Gasteiger partial charge in [-0.3, -0.25) is 4.98 Å². The Balaban J connectivity index is 1.94. The number of hydrogen-bond acceptors (Lipinski definition) is 3. The molecule has 1 heterocycles. The zero-order valence-electron chi connectivity index (χ0n) is 13.3. The van der Waals surface area contributed by atoms with Crippen molar-refractivity contribution >= 4 is 0 Å². The normalized spacial score (nSPS) is 12.4. The summed E-state index contributed by atoms with van der Waals surface area (Å²) in [5.74, 6) is 0.918. The Morgan fingerprint density at radius 2 is 1.81 bits per heavy atom. The molecule has 0 amide bonds. The second kappa shape index (κ2) is 7.23. The topological polar surface area (TPSA) is 34.2 Å². The van der Waals surface area contributed by atoms with Gasteiger partial charge in [-0.15, -0.1) is 0 Å². The van der Waals surface area contributed by atoms with Gasteiger partial charge in [0.1, 0.15) is 5.75 Å². The third-order valence-electron chi connectivity index (χ3n) is 3.45. The van der Waals surface area contributed by atoms with Crippen molar-refractivity contribution in [2.75, 3.05) is 0 Å². The van der Waals surface area contributed by atoms with E-state index in [9.17, 15) is 0 Å². The van der Waals surface area contributed by atoms with Gasteiger partial charge in [-0.1, -0.05) is 18.2 Å². The van der Waals surface area contributed by atoms with Gasteiger partial charge >= 0.3 is 0 Å². The van der Waals surface area contributed by atoms with E-state index in [0.29, 0.717) is 0 Å². The van der Waals surface area contributed by atoms with Crippen molar-refractivity contribution in [1.29, 1.82) is 0 Å². The molecule has 0 spiro atoms. The van der Waals surface area contributed by atoms with Crippen LogP contribution < -0.4 is 10.1 Å². The molecule has 0 bridgehead atoms. The number of rotatable bonds is 6. The van der Waals surface area contributed by atoms with Gasteiger partial charge in [0.15, 0.2) is 0 Å². The van der Waals surface area contributed by atoms with E-state index in [0.717, 1.165) is 18.0 Å². The molecule has 1 aromatic heterocycles. The van der Waals surface area contributed by atoms with Crippen LogP contribution in [-0.4, -0.2) is 11.1 Å². The number of nitrogens with zero attached hydrogens (tertiary/aromatic N) is 1. The van der Waals surface area contributed by atoms with Crippen LogP contribution in [0.2, 0.25) is 0 Å². The second-order valence-electron chi connectivity index (χ2n) is 5.61. The van der Waals surface area contributed by atoms with Crippen LogP contribution in [0.1, 0.15) is 43.6 Å². The predicted octanol–water partition coefficient (Wildman–Crippen LogP) is 4.03. The average molecular weight is 284 g/mol. The van der Waals surface area contributed by atoms with Crippen LogP contribution >= 0.6 is 0 Å². The predicted molar refractivity (Wildman–Crippen MR) is 86.4 cm³/mol. The van der Waals surface area contributed by atoms with Gasteiger partial charge in [0.2, 0.25) is 0 Å². The van der Waals surface area contributed by atoms with Crippen LogP contribution in [0.25, 0.3) is 0 Å². The van der Waals surface area contributed by atoms with Crippen molar-refractivity contribution in [3.05, 3.63) is 59.4 Å². The van der Waals surface area contributed by atoms with E-state index < -0.39 is 0 Å². The summed E-state index contributed by atoms with van der Waals surface area (Å²) in [5.41, 5.74) is 3.57. The minimum atomic E-state index is 0.207. The van der Waals surface area contributed by atoms with Gasteiger partial charge in [-0.2, -0.15) is 0 Å². The van der Waals surface area contributed by atoms with E-state index >= 15 is 0 Å². The molecular formula is C18H24N2O. The monoisotopic (exact) mass is 284 g/mol. The van der Waals surface area contributed by atoms with Gasteiger partial charge in [-0.05, 0) is 57.0 Å². The third kappa shape index (κ3) is 4.57. The largest absolute Gasteiger partial charge is 0.491 e. The van der Waals surface area contributed by atoms with Gasteiger partial charge < -0.3 is 10.1 Å². The van der Waals surface area contributed by atoms with Gasteiger partial charge in [0.25, 0.3) is 0 Å².